The van der Waals surface area contributed by atoms with Crippen LogP contribution in [-0.4, -0.2) is 35.5 Å². The Morgan fingerprint density at radius 1 is 1.69 bits per heavy atom. The Kier molecular flexibility index (Phi) is 1.77. The Balaban J connectivity index is 2.20. The molecule has 0 bridgehead atoms. The molecule has 0 aliphatic carbocycles. The van der Waals surface area contributed by atoms with Crippen LogP contribution in [0.15, 0.2) is 28.5 Å². The van der Waals surface area contributed by atoms with Crippen LogP contribution in [0.25, 0.3) is 0 Å². The summed E-state index contributed by atoms with van der Waals surface area (Å²) in [5.74, 6) is 0. The van der Waals surface area contributed by atoms with Gasteiger partial charge >= 0.3 is 6.09 Å². The van der Waals surface area contributed by atoms with Crippen LogP contribution in [0.5, 0.6) is 0 Å². The van der Waals surface area contributed by atoms with Crippen molar-refractivity contribution in [1.29, 1.82) is 0 Å². The molecule has 2 rings (SSSR count). The van der Waals surface area contributed by atoms with Gasteiger partial charge in [0.1, 0.15) is 6.67 Å². The molecular formula is C8H9N3O2. The number of aliphatic imine (C=N–C) groups is 1. The average Bonchev–Trinajstić information content (AvgIpc) is 2.17. The highest BCUT2D eigenvalue weighted by Gasteiger charge is 2.18. The molecule has 0 spiro atoms. The van der Waals surface area contributed by atoms with Crippen molar-refractivity contribution < 1.29 is 9.90 Å². The number of hydrogen-bond acceptors (Lipinski definition) is 3. The fourth-order valence-corrected chi connectivity index (χ4v) is 1.28. The van der Waals surface area contributed by atoms with Gasteiger partial charge in [0, 0.05) is 23.7 Å². The van der Waals surface area contributed by atoms with Crippen molar-refractivity contribution in [2.75, 3.05) is 13.2 Å². The summed E-state index contributed by atoms with van der Waals surface area (Å²) in [7, 11) is 0. The summed E-state index contributed by atoms with van der Waals surface area (Å²) in [6.45, 7) is 0.910. The van der Waals surface area contributed by atoms with Crippen molar-refractivity contribution in [3.63, 3.8) is 0 Å². The van der Waals surface area contributed by atoms with E-state index in [2.05, 4.69) is 10.3 Å². The third-order valence-electron chi connectivity index (χ3n) is 1.97. The third kappa shape index (κ3) is 1.40. The van der Waals surface area contributed by atoms with Crippen molar-refractivity contribution in [3.05, 3.63) is 23.5 Å². The highest BCUT2D eigenvalue weighted by molar-refractivity contribution is 5.85. The smallest absolute Gasteiger partial charge is 0.411 e. The van der Waals surface area contributed by atoms with Crippen molar-refractivity contribution in [2.24, 2.45) is 4.99 Å². The summed E-state index contributed by atoms with van der Waals surface area (Å²) < 4.78 is 0. The molecule has 2 N–H and O–H groups in total. The zero-order valence-electron chi connectivity index (χ0n) is 6.90. The maximum atomic E-state index is 10.6. The molecule has 1 amide bonds. The minimum Gasteiger partial charge on any atom is -0.465 e. The highest BCUT2D eigenvalue weighted by Crippen LogP contribution is 2.13. The van der Waals surface area contributed by atoms with Crippen molar-refractivity contribution in [3.8, 4) is 0 Å². The summed E-state index contributed by atoms with van der Waals surface area (Å²) in [5, 5.41) is 11.8. The molecule has 0 aromatic heterocycles. The zero-order valence-corrected chi connectivity index (χ0v) is 6.90. The van der Waals surface area contributed by atoms with Gasteiger partial charge in [0.05, 0.1) is 6.54 Å². The molecule has 2 heterocycles. The Hall–Kier alpha value is -1.78. The molecule has 5 heteroatoms. The molecule has 0 aromatic carbocycles. The fourth-order valence-electron chi connectivity index (χ4n) is 1.28. The third-order valence-corrected chi connectivity index (χ3v) is 1.97. The van der Waals surface area contributed by atoms with Crippen LogP contribution >= 0.6 is 0 Å². The second kappa shape index (κ2) is 2.93. The number of nitrogens with zero attached hydrogens (tertiary/aromatic N) is 2. The lowest BCUT2D eigenvalue weighted by molar-refractivity contribution is 0.164. The minimum absolute atomic E-state index is 0.382. The van der Waals surface area contributed by atoms with E-state index in [1.165, 1.54) is 4.90 Å². The number of hydrogen-bond donors (Lipinski definition) is 2. The molecule has 68 valence electrons. The largest absolute Gasteiger partial charge is 0.465 e. The van der Waals surface area contributed by atoms with E-state index in [0.717, 1.165) is 11.3 Å². The quantitative estimate of drug-likeness (QED) is 0.565. The Labute approximate surface area is 75.1 Å². The van der Waals surface area contributed by atoms with Crippen LogP contribution in [0.4, 0.5) is 4.79 Å². The van der Waals surface area contributed by atoms with Gasteiger partial charge in [-0.2, -0.15) is 0 Å². The highest BCUT2D eigenvalue weighted by atomic mass is 16.4. The van der Waals surface area contributed by atoms with Gasteiger partial charge in [-0.3, -0.25) is 9.89 Å². The second-order valence-electron chi connectivity index (χ2n) is 2.81. The molecule has 0 radical (unpaired) electrons. The summed E-state index contributed by atoms with van der Waals surface area (Å²) in [6.07, 6.45) is 4.09. The maximum absolute atomic E-state index is 10.6. The number of carboxylic acid groups (broad SMARTS) is 1. The Morgan fingerprint density at radius 2 is 2.54 bits per heavy atom. The first kappa shape index (κ1) is 7.85. The number of allylic oxidation sites excluding steroid dienone is 2. The summed E-state index contributed by atoms with van der Waals surface area (Å²) in [4.78, 5) is 15.9. The van der Waals surface area contributed by atoms with E-state index in [1.54, 1.807) is 18.5 Å². The van der Waals surface area contributed by atoms with Gasteiger partial charge in [0.15, 0.2) is 0 Å². The van der Waals surface area contributed by atoms with Crippen LogP contribution in [0.1, 0.15) is 0 Å². The van der Waals surface area contributed by atoms with E-state index < -0.39 is 6.09 Å². The van der Waals surface area contributed by atoms with Crippen LogP contribution in [-0.2, 0) is 0 Å². The van der Waals surface area contributed by atoms with E-state index >= 15 is 0 Å². The van der Waals surface area contributed by atoms with E-state index in [4.69, 9.17) is 5.11 Å². The van der Waals surface area contributed by atoms with E-state index in [1.807, 2.05) is 0 Å². The SMILES string of the molecule is O=C(O)N1C=CC2=C(C1)NCN=C2. The molecule has 0 saturated heterocycles. The second-order valence-corrected chi connectivity index (χ2v) is 2.81. The number of nitrogens with one attached hydrogen (secondary N) is 1. The Morgan fingerprint density at radius 3 is 3.31 bits per heavy atom. The lowest BCUT2D eigenvalue weighted by Crippen LogP contribution is -2.35. The molecule has 13 heavy (non-hydrogen) atoms. The van der Waals surface area contributed by atoms with Crippen LogP contribution in [0, 0.1) is 0 Å². The average molecular weight is 179 g/mol. The first-order chi connectivity index (χ1) is 6.27. The normalized spacial score (nSPS) is 19.8. The number of rotatable bonds is 0. The van der Waals surface area contributed by atoms with Gasteiger partial charge in [0.25, 0.3) is 0 Å². The number of amides is 1. The first-order valence-electron chi connectivity index (χ1n) is 3.92. The molecule has 2 aliphatic rings. The predicted molar refractivity (Wildman–Crippen MR) is 47.4 cm³/mol. The van der Waals surface area contributed by atoms with Gasteiger partial charge in [-0.25, -0.2) is 4.79 Å². The van der Waals surface area contributed by atoms with Crippen LogP contribution < -0.4 is 5.32 Å². The molecule has 0 aromatic rings. The van der Waals surface area contributed by atoms with Gasteiger partial charge in [-0.05, 0) is 6.08 Å². The zero-order chi connectivity index (χ0) is 9.26. The van der Waals surface area contributed by atoms with E-state index in [9.17, 15) is 4.79 Å². The molecule has 0 saturated carbocycles. The monoisotopic (exact) mass is 179 g/mol. The summed E-state index contributed by atoms with van der Waals surface area (Å²) in [5.41, 5.74) is 1.88. The fraction of sp³-hybridized carbons (Fsp3) is 0.250. The standard InChI is InChI=1S/C8H9N3O2/c12-8(13)11-2-1-6-3-9-5-10-7(6)4-11/h1-3,10H,4-5H2,(H,12,13). The van der Waals surface area contributed by atoms with Gasteiger partial charge < -0.3 is 10.4 Å². The predicted octanol–water partition coefficient (Wildman–Crippen LogP) is 0.379. The number of carbonyl (C=O) groups is 1. The van der Waals surface area contributed by atoms with Gasteiger partial charge in [-0.1, -0.05) is 0 Å². The van der Waals surface area contributed by atoms with Crippen molar-refractivity contribution >= 4 is 12.3 Å². The molecule has 5 nitrogen and oxygen atoms in total. The lowest BCUT2D eigenvalue weighted by Gasteiger charge is -2.24. The van der Waals surface area contributed by atoms with Crippen molar-refractivity contribution in [1.82, 2.24) is 10.2 Å². The maximum Gasteiger partial charge on any atom is 0.411 e. The van der Waals surface area contributed by atoms with E-state index in [-0.39, 0.29) is 0 Å². The molecule has 0 unspecified atom stereocenters. The molecule has 0 fully saturated rings. The summed E-state index contributed by atoms with van der Waals surface area (Å²) >= 11 is 0. The van der Waals surface area contributed by atoms with Gasteiger partial charge in [-0.15, -0.1) is 0 Å². The van der Waals surface area contributed by atoms with Crippen LogP contribution in [0.2, 0.25) is 0 Å². The topological polar surface area (TPSA) is 64.9 Å². The first-order valence-corrected chi connectivity index (χ1v) is 3.92. The summed E-state index contributed by atoms with van der Waals surface area (Å²) in [6, 6.07) is 0. The molecule has 0 atom stereocenters. The van der Waals surface area contributed by atoms with Crippen LogP contribution in [0.3, 0.4) is 0 Å². The van der Waals surface area contributed by atoms with Gasteiger partial charge in [0.2, 0.25) is 0 Å². The van der Waals surface area contributed by atoms with E-state index in [0.29, 0.717) is 13.2 Å². The minimum atomic E-state index is -0.938. The Bertz CT molecular complexity index is 330. The molecule has 2 aliphatic heterocycles. The molecular weight excluding hydrogens is 170 g/mol. The van der Waals surface area contributed by atoms with Crippen molar-refractivity contribution in [2.45, 2.75) is 0 Å². The lowest BCUT2D eigenvalue weighted by atomic mass is 10.1.